The Morgan fingerprint density at radius 1 is 1.33 bits per heavy atom. The van der Waals surface area contributed by atoms with Crippen molar-refractivity contribution in [3.63, 3.8) is 0 Å². The van der Waals surface area contributed by atoms with Gasteiger partial charge < -0.3 is 11.1 Å². The average molecular weight is 343 g/mol. The lowest BCUT2D eigenvalue weighted by Crippen LogP contribution is -2.22. The first-order valence-electron chi connectivity index (χ1n) is 5.80. The Kier molecular flexibility index (Phi) is 5.76. The van der Waals surface area contributed by atoms with Crippen LogP contribution in [0.2, 0.25) is 0 Å². The van der Waals surface area contributed by atoms with Crippen LogP contribution in [0.5, 0.6) is 0 Å². The lowest BCUT2D eigenvalue weighted by Gasteiger charge is -2.15. The smallest absolute Gasteiger partial charge is 0.397 e. The van der Waals surface area contributed by atoms with Crippen molar-refractivity contribution in [1.82, 2.24) is 4.31 Å². The molecule has 0 saturated carbocycles. The largest absolute Gasteiger partial charge is 0.441 e. The van der Waals surface area contributed by atoms with Crippen LogP contribution in [-0.4, -0.2) is 44.6 Å². The number of anilines is 2. The zero-order valence-corrected chi connectivity index (χ0v) is 13.1. The van der Waals surface area contributed by atoms with Crippen LogP contribution >= 0.6 is 11.8 Å². The number of hydrogen-bond acceptors (Lipinski definition) is 5. The Morgan fingerprint density at radius 3 is 2.48 bits per heavy atom. The van der Waals surface area contributed by atoms with E-state index in [1.807, 2.05) is 0 Å². The lowest BCUT2D eigenvalue weighted by molar-refractivity contribution is -0.0327. The molecule has 0 fully saturated rings. The molecule has 0 radical (unpaired) electrons. The molecule has 0 aliphatic heterocycles. The van der Waals surface area contributed by atoms with E-state index in [2.05, 4.69) is 5.32 Å². The molecule has 21 heavy (non-hydrogen) atoms. The highest BCUT2D eigenvalue weighted by molar-refractivity contribution is 8.00. The SMILES string of the molecule is CN(C)S(=O)(=O)c1ccc(N)c(NCCSC(F)(F)F)c1. The summed E-state index contributed by atoms with van der Waals surface area (Å²) in [5.41, 5.74) is 1.95. The summed E-state index contributed by atoms with van der Waals surface area (Å²) in [4.78, 5) is 0.0210. The molecule has 1 aromatic carbocycles. The summed E-state index contributed by atoms with van der Waals surface area (Å²) in [7, 11) is -0.842. The molecule has 0 aliphatic carbocycles. The van der Waals surface area contributed by atoms with Crippen molar-refractivity contribution in [1.29, 1.82) is 0 Å². The molecule has 1 rings (SSSR count). The Hall–Kier alpha value is -1.13. The summed E-state index contributed by atoms with van der Waals surface area (Å²) in [6.07, 6.45) is 0. The van der Waals surface area contributed by atoms with Gasteiger partial charge in [-0.15, -0.1) is 0 Å². The first-order valence-corrected chi connectivity index (χ1v) is 8.23. The van der Waals surface area contributed by atoms with Crippen LogP contribution in [-0.2, 0) is 10.0 Å². The summed E-state index contributed by atoms with van der Waals surface area (Å²) in [5.74, 6) is -0.201. The van der Waals surface area contributed by atoms with E-state index >= 15 is 0 Å². The highest BCUT2D eigenvalue weighted by atomic mass is 32.2. The molecule has 5 nitrogen and oxygen atoms in total. The molecule has 0 aliphatic rings. The lowest BCUT2D eigenvalue weighted by atomic mass is 10.2. The molecule has 0 aromatic heterocycles. The van der Waals surface area contributed by atoms with E-state index in [-0.39, 0.29) is 34.6 Å². The normalized spacial score (nSPS) is 12.7. The fourth-order valence-corrected chi connectivity index (χ4v) is 2.78. The van der Waals surface area contributed by atoms with Crippen LogP contribution in [0.4, 0.5) is 24.5 Å². The first-order chi connectivity index (χ1) is 9.54. The van der Waals surface area contributed by atoms with Crippen molar-refractivity contribution < 1.29 is 21.6 Å². The molecule has 0 bridgehead atoms. The van der Waals surface area contributed by atoms with E-state index in [9.17, 15) is 21.6 Å². The molecular weight excluding hydrogens is 327 g/mol. The molecule has 1 aromatic rings. The van der Waals surface area contributed by atoms with E-state index < -0.39 is 15.5 Å². The molecule has 10 heteroatoms. The number of nitrogens with one attached hydrogen (secondary N) is 1. The van der Waals surface area contributed by atoms with Gasteiger partial charge in [0.15, 0.2) is 0 Å². The monoisotopic (exact) mass is 343 g/mol. The molecule has 0 amide bonds. The molecular formula is C11H16F3N3O2S2. The van der Waals surface area contributed by atoms with Gasteiger partial charge in [-0.25, -0.2) is 12.7 Å². The van der Waals surface area contributed by atoms with Gasteiger partial charge in [0.1, 0.15) is 0 Å². The van der Waals surface area contributed by atoms with Crippen LogP contribution in [0.15, 0.2) is 23.1 Å². The number of hydrogen-bond donors (Lipinski definition) is 2. The van der Waals surface area contributed by atoms with E-state index in [0.29, 0.717) is 5.69 Å². The van der Waals surface area contributed by atoms with Gasteiger partial charge in [0.25, 0.3) is 0 Å². The maximum atomic E-state index is 12.0. The zero-order chi connectivity index (χ0) is 16.3. The molecule has 0 spiro atoms. The Labute approximate surface area is 125 Å². The summed E-state index contributed by atoms with van der Waals surface area (Å²) < 4.78 is 61.0. The molecule has 0 heterocycles. The second-order valence-corrected chi connectivity index (χ2v) is 7.57. The first kappa shape index (κ1) is 17.9. The number of nitrogens with zero attached hydrogens (tertiary/aromatic N) is 1. The van der Waals surface area contributed by atoms with Gasteiger partial charge in [0.2, 0.25) is 10.0 Å². The van der Waals surface area contributed by atoms with E-state index in [0.717, 1.165) is 4.31 Å². The summed E-state index contributed by atoms with van der Waals surface area (Å²) in [5, 5.41) is 2.71. The molecule has 120 valence electrons. The molecule has 3 N–H and O–H groups in total. The van der Waals surface area contributed by atoms with Crippen molar-refractivity contribution in [3.05, 3.63) is 18.2 Å². The zero-order valence-electron chi connectivity index (χ0n) is 11.4. The summed E-state index contributed by atoms with van der Waals surface area (Å²) in [6.45, 7) is 0.0137. The minimum atomic E-state index is -4.29. The van der Waals surface area contributed by atoms with E-state index in [4.69, 9.17) is 5.73 Å². The van der Waals surface area contributed by atoms with Crippen molar-refractivity contribution in [2.24, 2.45) is 0 Å². The van der Waals surface area contributed by atoms with Gasteiger partial charge in [-0.2, -0.15) is 13.2 Å². The predicted octanol–water partition coefficient (Wildman–Crippen LogP) is 2.18. The number of thioether (sulfide) groups is 1. The number of halogens is 3. The number of rotatable bonds is 6. The van der Waals surface area contributed by atoms with Gasteiger partial charge >= 0.3 is 5.51 Å². The predicted molar refractivity (Wildman–Crippen MR) is 78.7 cm³/mol. The van der Waals surface area contributed by atoms with Crippen molar-refractivity contribution >= 4 is 33.2 Å². The second-order valence-electron chi connectivity index (χ2n) is 4.26. The number of benzene rings is 1. The fourth-order valence-electron chi connectivity index (χ4n) is 1.41. The van der Waals surface area contributed by atoms with Crippen molar-refractivity contribution in [3.8, 4) is 0 Å². The number of nitrogen functional groups attached to an aromatic ring is 1. The van der Waals surface area contributed by atoms with Gasteiger partial charge in [-0.05, 0) is 30.0 Å². The highest BCUT2D eigenvalue weighted by Gasteiger charge is 2.27. The minimum Gasteiger partial charge on any atom is -0.397 e. The van der Waals surface area contributed by atoms with Crippen molar-refractivity contribution in [2.75, 3.05) is 37.4 Å². The van der Waals surface area contributed by atoms with E-state index in [1.165, 1.54) is 32.3 Å². The van der Waals surface area contributed by atoms with Gasteiger partial charge in [-0.3, -0.25) is 0 Å². The Morgan fingerprint density at radius 2 is 1.95 bits per heavy atom. The Balaban J connectivity index is 2.80. The van der Waals surface area contributed by atoms with Crippen LogP contribution in [0.1, 0.15) is 0 Å². The van der Waals surface area contributed by atoms with Crippen molar-refractivity contribution in [2.45, 2.75) is 10.4 Å². The number of alkyl halides is 3. The topological polar surface area (TPSA) is 75.4 Å². The highest BCUT2D eigenvalue weighted by Crippen LogP contribution is 2.30. The third-order valence-electron chi connectivity index (χ3n) is 2.49. The third kappa shape index (κ3) is 5.29. The van der Waals surface area contributed by atoms with Crippen LogP contribution < -0.4 is 11.1 Å². The van der Waals surface area contributed by atoms with E-state index in [1.54, 1.807) is 0 Å². The quantitative estimate of drug-likeness (QED) is 0.612. The van der Waals surface area contributed by atoms with Gasteiger partial charge in [0.05, 0.1) is 16.3 Å². The fraction of sp³-hybridized carbons (Fsp3) is 0.455. The van der Waals surface area contributed by atoms with Gasteiger partial charge in [0, 0.05) is 26.4 Å². The average Bonchev–Trinajstić information content (AvgIpc) is 2.34. The molecule has 0 atom stereocenters. The molecule has 0 unspecified atom stereocenters. The van der Waals surface area contributed by atoms with Crippen LogP contribution in [0.3, 0.4) is 0 Å². The second kappa shape index (κ2) is 6.75. The third-order valence-corrected chi connectivity index (χ3v) is 5.03. The van der Waals surface area contributed by atoms with Crippen LogP contribution in [0.25, 0.3) is 0 Å². The van der Waals surface area contributed by atoms with Gasteiger partial charge in [-0.1, -0.05) is 0 Å². The number of sulfonamides is 1. The standard InChI is InChI=1S/C11H16F3N3O2S2/c1-17(2)21(18,19)8-3-4-9(15)10(7-8)16-5-6-20-11(12,13)14/h3-4,7,16H,5-6,15H2,1-2H3. The maximum Gasteiger partial charge on any atom is 0.441 e. The maximum absolute atomic E-state index is 12.0. The van der Waals surface area contributed by atoms with Crippen LogP contribution in [0, 0.1) is 0 Å². The summed E-state index contributed by atoms with van der Waals surface area (Å²) >= 11 is -0.156. The Bertz CT molecular complexity index is 589. The number of nitrogens with two attached hydrogens (primary N) is 1. The molecule has 0 saturated heterocycles. The summed E-state index contributed by atoms with van der Waals surface area (Å²) in [6, 6.07) is 4.05. The minimum absolute atomic E-state index is 0.0137.